The van der Waals surface area contributed by atoms with E-state index in [4.69, 9.17) is 21.4 Å². The van der Waals surface area contributed by atoms with Gasteiger partial charge in [0.1, 0.15) is 5.75 Å². The van der Waals surface area contributed by atoms with Gasteiger partial charge in [0.25, 0.3) is 0 Å². The molecule has 0 amide bonds. The molecule has 0 fully saturated rings. The Morgan fingerprint density at radius 3 is 2.59 bits per heavy atom. The van der Waals surface area contributed by atoms with E-state index in [-0.39, 0.29) is 16.3 Å². The van der Waals surface area contributed by atoms with Crippen molar-refractivity contribution in [3.8, 4) is 5.75 Å². The predicted molar refractivity (Wildman–Crippen MR) is 59.0 cm³/mol. The fraction of sp³-hybridized carbons (Fsp3) is 0.364. The lowest BCUT2D eigenvalue weighted by molar-refractivity contribution is -0.164. The van der Waals surface area contributed by atoms with Gasteiger partial charge in [-0.2, -0.15) is 8.78 Å². The van der Waals surface area contributed by atoms with E-state index >= 15 is 0 Å². The first kappa shape index (κ1) is 13.7. The number of halogens is 3. The van der Waals surface area contributed by atoms with Crippen molar-refractivity contribution in [3.63, 3.8) is 0 Å². The third-order valence-electron chi connectivity index (χ3n) is 2.25. The van der Waals surface area contributed by atoms with Crippen LogP contribution in [0, 0.1) is 6.92 Å². The summed E-state index contributed by atoms with van der Waals surface area (Å²) in [4.78, 5) is 10.4. The molecule has 0 aliphatic rings. The first-order valence-electron chi connectivity index (χ1n) is 4.72. The maximum Gasteiger partial charge on any atom is 0.374 e. The summed E-state index contributed by atoms with van der Waals surface area (Å²) < 4.78 is 31.2. The van der Waals surface area contributed by atoms with Crippen molar-refractivity contribution in [2.24, 2.45) is 0 Å². The molecule has 0 atom stereocenters. The molecule has 6 heteroatoms. The van der Waals surface area contributed by atoms with Crippen LogP contribution >= 0.6 is 11.6 Å². The monoisotopic (exact) mass is 264 g/mol. The number of benzene rings is 1. The summed E-state index contributed by atoms with van der Waals surface area (Å²) in [5, 5.41) is 8.64. The van der Waals surface area contributed by atoms with Crippen LogP contribution in [0.1, 0.15) is 11.1 Å². The highest BCUT2D eigenvalue weighted by Gasteiger charge is 2.39. The van der Waals surface area contributed by atoms with Crippen molar-refractivity contribution >= 4 is 17.6 Å². The first-order valence-corrected chi connectivity index (χ1v) is 5.10. The molecule has 0 radical (unpaired) electrons. The van der Waals surface area contributed by atoms with Crippen LogP contribution in [-0.4, -0.2) is 24.1 Å². The molecule has 0 heterocycles. The topological polar surface area (TPSA) is 46.5 Å². The number of ether oxygens (including phenoxy) is 1. The third-order valence-corrected chi connectivity index (χ3v) is 2.46. The molecule has 0 saturated carbocycles. The van der Waals surface area contributed by atoms with Crippen molar-refractivity contribution < 1.29 is 23.4 Å². The highest BCUT2D eigenvalue weighted by Crippen LogP contribution is 2.32. The van der Waals surface area contributed by atoms with Gasteiger partial charge in [-0.25, -0.2) is 4.79 Å². The summed E-state index contributed by atoms with van der Waals surface area (Å²) in [6.45, 7) is 1.65. The Kier molecular flexibility index (Phi) is 3.93. The number of hydrogen-bond donors (Lipinski definition) is 1. The molecule has 1 rings (SSSR count). The number of aryl methyl sites for hydroxylation is 1. The van der Waals surface area contributed by atoms with Crippen LogP contribution in [0.3, 0.4) is 0 Å². The minimum absolute atomic E-state index is 0.0740. The van der Waals surface area contributed by atoms with Gasteiger partial charge in [-0.05, 0) is 24.6 Å². The van der Waals surface area contributed by atoms with Gasteiger partial charge in [0.05, 0.1) is 13.5 Å². The Labute approximate surface area is 102 Å². The molecule has 1 N–H and O–H groups in total. The number of methoxy groups -OCH3 is 1. The molecule has 0 aromatic heterocycles. The Bertz CT molecular complexity index is 447. The molecule has 17 heavy (non-hydrogen) atoms. The molecule has 0 aliphatic heterocycles. The minimum atomic E-state index is -3.84. The van der Waals surface area contributed by atoms with Crippen LogP contribution in [0.4, 0.5) is 8.78 Å². The molecule has 0 spiro atoms. The van der Waals surface area contributed by atoms with E-state index in [2.05, 4.69) is 0 Å². The number of carbonyl (C=O) groups is 1. The second-order valence-corrected chi connectivity index (χ2v) is 4.04. The van der Waals surface area contributed by atoms with E-state index in [0.29, 0.717) is 5.56 Å². The molecule has 0 unspecified atom stereocenters. The van der Waals surface area contributed by atoms with Gasteiger partial charge in [0.15, 0.2) is 0 Å². The Morgan fingerprint density at radius 2 is 2.12 bits per heavy atom. The molecule has 0 saturated heterocycles. The number of alkyl halides is 2. The van der Waals surface area contributed by atoms with Gasteiger partial charge in [0, 0.05) is 10.6 Å². The van der Waals surface area contributed by atoms with E-state index in [1.807, 2.05) is 0 Å². The fourth-order valence-corrected chi connectivity index (χ4v) is 1.83. The molecule has 3 nitrogen and oxygen atoms in total. The third kappa shape index (κ3) is 3.06. The summed E-state index contributed by atoms with van der Waals surface area (Å²) in [6, 6.07) is 2.84. The largest absolute Gasteiger partial charge is 0.496 e. The van der Waals surface area contributed by atoms with Crippen LogP contribution in [0.5, 0.6) is 5.75 Å². The average molecular weight is 265 g/mol. The number of carboxylic acid groups (broad SMARTS) is 1. The van der Waals surface area contributed by atoms with Gasteiger partial charge in [-0.15, -0.1) is 0 Å². The average Bonchev–Trinajstić information content (AvgIpc) is 2.15. The van der Waals surface area contributed by atoms with Gasteiger partial charge < -0.3 is 9.84 Å². The standard InChI is InChI=1S/C11H11ClF2O3/c1-6-3-8(12)4-7(9(6)17-2)5-11(13,14)10(15)16/h3-4H,5H2,1-2H3,(H,15,16). The first-order chi connectivity index (χ1) is 7.77. The van der Waals surface area contributed by atoms with Gasteiger partial charge in [0.2, 0.25) is 0 Å². The van der Waals surface area contributed by atoms with Crippen molar-refractivity contribution in [2.75, 3.05) is 7.11 Å². The summed E-state index contributed by atoms with van der Waals surface area (Å²) in [6.07, 6.45) is -0.951. The lowest BCUT2D eigenvalue weighted by atomic mass is 10.0. The molecular weight excluding hydrogens is 254 g/mol. The van der Waals surface area contributed by atoms with Crippen LogP contribution in [0.2, 0.25) is 5.02 Å². The number of aliphatic carboxylic acids is 1. The quantitative estimate of drug-likeness (QED) is 0.909. The Balaban J connectivity index is 3.18. The summed E-state index contributed by atoms with van der Waals surface area (Å²) >= 11 is 5.74. The maximum atomic E-state index is 13.1. The van der Waals surface area contributed by atoms with Crippen molar-refractivity contribution in [1.82, 2.24) is 0 Å². The Morgan fingerprint density at radius 1 is 1.53 bits per heavy atom. The number of hydrogen-bond acceptors (Lipinski definition) is 2. The SMILES string of the molecule is COc1c(C)cc(Cl)cc1CC(F)(F)C(=O)O. The summed E-state index contributed by atoms with van der Waals surface area (Å²) in [5.74, 6) is -5.78. The molecule has 1 aromatic carbocycles. The van der Waals surface area contributed by atoms with E-state index in [1.165, 1.54) is 13.2 Å². The van der Waals surface area contributed by atoms with Crippen molar-refractivity contribution in [1.29, 1.82) is 0 Å². The van der Waals surface area contributed by atoms with Crippen molar-refractivity contribution in [2.45, 2.75) is 19.3 Å². The van der Waals surface area contributed by atoms with Crippen LogP contribution in [0.25, 0.3) is 0 Å². The second kappa shape index (κ2) is 4.87. The molecule has 0 aliphatic carbocycles. The maximum absolute atomic E-state index is 13.1. The van der Waals surface area contributed by atoms with E-state index in [1.54, 1.807) is 13.0 Å². The minimum Gasteiger partial charge on any atom is -0.496 e. The van der Waals surface area contributed by atoms with E-state index in [9.17, 15) is 13.6 Å². The zero-order valence-corrected chi connectivity index (χ0v) is 10.0. The molecule has 94 valence electrons. The zero-order chi connectivity index (χ0) is 13.2. The molecular formula is C11H11ClF2O3. The van der Waals surface area contributed by atoms with E-state index < -0.39 is 18.3 Å². The smallest absolute Gasteiger partial charge is 0.374 e. The Hall–Kier alpha value is -1.36. The lowest BCUT2D eigenvalue weighted by Gasteiger charge is -2.15. The molecule has 1 aromatic rings. The van der Waals surface area contributed by atoms with Gasteiger partial charge >= 0.3 is 11.9 Å². The molecule has 0 bridgehead atoms. The van der Waals surface area contributed by atoms with Crippen LogP contribution < -0.4 is 4.74 Å². The number of carboxylic acids is 1. The van der Waals surface area contributed by atoms with Crippen molar-refractivity contribution in [3.05, 3.63) is 28.3 Å². The zero-order valence-electron chi connectivity index (χ0n) is 9.26. The van der Waals surface area contributed by atoms with Crippen LogP contribution in [-0.2, 0) is 11.2 Å². The highest BCUT2D eigenvalue weighted by molar-refractivity contribution is 6.30. The lowest BCUT2D eigenvalue weighted by Crippen LogP contribution is -2.30. The van der Waals surface area contributed by atoms with Gasteiger partial charge in [-0.3, -0.25) is 0 Å². The highest BCUT2D eigenvalue weighted by atomic mass is 35.5. The second-order valence-electron chi connectivity index (χ2n) is 3.60. The summed E-state index contributed by atoms with van der Waals surface area (Å²) in [7, 11) is 1.33. The normalized spacial score (nSPS) is 11.4. The van der Waals surface area contributed by atoms with Gasteiger partial charge in [-0.1, -0.05) is 11.6 Å². The summed E-state index contributed by atoms with van der Waals surface area (Å²) in [5.41, 5.74) is 0.654. The van der Waals surface area contributed by atoms with Crippen LogP contribution in [0.15, 0.2) is 12.1 Å². The number of rotatable bonds is 4. The van der Waals surface area contributed by atoms with E-state index in [0.717, 1.165) is 0 Å². The fourth-order valence-electron chi connectivity index (χ4n) is 1.54. The predicted octanol–water partition coefficient (Wildman–Crippen LogP) is 2.92.